The number of fused-ring (bicyclic) bond motifs is 1. The van der Waals surface area contributed by atoms with Crippen LogP contribution < -0.4 is 15.4 Å². The van der Waals surface area contributed by atoms with Gasteiger partial charge in [-0.25, -0.2) is 14.4 Å². The average Bonchev–Trinajstić information content (AvgIpc) is 2.78. The van der Waals surface area contributed by atoms with Gasteiger partial charge in [-0.05, 0) is 44.6 Å². The number of anilines is 3. The number of benzene rings is 2. The summed E-state index contributed by atoms with van der Waals surface area (Å²) in [6.45, 7) is 1.04. The molecule has 2 N–H and O–H groups in total. The summed E-state index contributed by atoms with van der Waals surface area (Å²) in [4.78, 5) is 23.0. The first-order valence-corrected chi connectivity index (χ1v) is 11.9. The van der Waals surface area contributed by atoms with Crippen molar-refractivity contribution in [1.82, 2.24) is 14.9 Å². The van der Waals surface area contributed by atoms with Gasteiger partial charge in [-0.15, -0.1) is 0 Å². The summed E-state index contributed by atoms with van der Waals surface area (Å²) in [5.74, 6) is 0.594. The highest BCUT2D eigenvalue weighted by atomic mass is 35.5. The summed E-state index contributed by atoms with van der Waals surface area (Å²) >= 11 is 7.56. The van der Waals surface area contributed by atoms with Crippen molar-refractivity contribution in [3.63, 3.8) is 0 Å². The normalized spacial score (nSPS) is 11.3. The molecule has 3 rings (SSSR count). The van der Waals surface area contributed by atoms with Gasteiger partial charge in [-0.2, -0.15) is 11.8 Å². The summed E-state index contributed by atoms with van der Waals surface area (Å²) in [7, 11) is 3.83. The van der Waals surface area contributed by atoms with Crippen molar-refractivity contribution in [2.45, 2.75) is 0 Å². The second-order valence-corrected chi connectivity index (χ2v) is 8.67. The van der Waals surface area contributed by atoms with Gasteiger partial charge in [0.05, 0.1) is 33.9 Å². The number of ether oxygens (including phenoxy) is 1. The number of carbonyl (C=O) groups excluding carboxylic acids is 1. The SMILES string of the molecule is CSCCOc1c(NC(=O)/C=C/CN(C)C)ccc2ncnc(Nc3cccc(Cl)c3F)c12. The summed E-state index contributed by atoms with van der Waals surface area (Å²) in [5, 5.41) is 6.36. The summed E-state index contributed by atoms with van der Waals surface area (Å²) in [6.07, 6.45) is 6.59. The second kappa shape index (κ2) is 11.8. The fraction of sp³-hybridized carbons (Fsp3) is 0.261. The molecular formula is C23H25ClFN5O2S. The van der Waals surface area contributed by atoms with Crippen molar-refractivity contribution in [2.75, 3.05) is 49.9 Å². The molecule has 0 atom stereocenters. The Morgan fingerprint density at radius 3 is 2.82 bits per heavy atom. The molecule has 1 aromatic heterocycles. The van der Waals surface area contributed by atoms with E-state index in [9.17, 15) is 9.18 Å². The Morgan fingerprint density at radius 1 is 1.24 bits per heavy atom. The van der Waals surface area contributed by atoms with Crippen LogP contribution in [0, 0.1) is 5.82 Å². The molecule has 7 nitrogen and oxygen atoms in total. The van der Waals surface area contributed by atoms with Gasteiger partial charge in [0.15, 0.2) is 11.6 Å². The molecule has 3 aromatic rings. The maximum absolute atomic E-state index is 14.5. The van der Waals surface area contributed by atoms with E-state index in [4.69, 9.17) is 16.3 Å². The van der Waals surface area contributed by atoms with Gasteiger partial charge in [0.2, 0.25) is 5.91 Å². The summed E-state index contributed by atoms with van der Waals surface area (Å²) in [6, 6.07) is 8.14. The van der Waals surface area contributed by atoms with Crippen molar-refractivity contribution in [3.8, 4) is 5.75 Å². The van der Waals surface area contributed by atoms with E-state index in [1.807, 2.05) is 25.3 Å². The predicted octanol–water partition coefficient (Wildman–Crippen LogP) is 4.96. The van der Waals surface area contributed by atoms with Gasteiger partial charge in [0, 0.05) is 18.4 Å². The van der Waals surface area contributed by atoms with Crippen LogP contribution in [-0.4, -0.2) is 60.0 Å². The van der Waals surface area contributed by atoms with Crippen molar-refractivity contribution in [2.24, 2.45) is 0 Å². The van der Waals surface area contributed by atoms with Crippen LogP contribution in [0.15, 0.2) is 48.8 Å². The third-order valence-corrected chi connectivity index (χ3v) is 5.36. The third kappa shape index (κ3) is 6.56. The molecule has 0 radical (unpaired) electrons. The second-order valence-electron chi connectivity index (χ2n) is 7.28. The standard InChI is InChI=1S/C23H25ClFN5O2S/c1-30(2)11-5-8-19(31)28-18-10-9-16-20(22(18)32-12-13-33-3)23(27-14-26-16)29-17-7-4-6-15(24)21(17)25/h4-10,14H,11-13H2,1-3H3,(H,28,31)(H,26,27,29)/b8-5+. The van der Waals surface area contributed by atoms with Crippen LogP contribution in [0.5, 0.6) is 5.75 Å². The topological polar surface area (TPSA) is 79.4 Å². The number of nitrogens with one attached hydrogen (secondary N) is 2. The van der Waals surface area contributed by atoms with Crippen LogP contribution in [0.25, 0.3) is 10.9 Å². The maximum Gasteiger partial charge on any atom is 0.248 e. The first-order chi connectivity index (χ1) is 15.9. The molecule has 0 aliphatic carbocycles. The molecule has 1 amide bonds. The van der Waals surface area contributed by atoms with Crippen LogP contribution in [-0.2, 0) is 4.79 Å². The molecule has 0 saturated carbocycles. The highest BCUT2D eigenvalue weighted by molar-refractivity contribution is 7.98. The smallest absolute Gasteiger partial charge is 0.248 e. The first-order valence-electron chi connectivity index (χ1n) is 10.1. The highest BCUT2D eigenvalue weighted by Crippen LogP contribution is 2.38. The van der Waals surface area contributed by atoms with Gasteiger partial charge in [-0.1, -0.05) is 23.7 Å². The number of amides is 1. The zero-order valence-electron chi connectivity index (χ0n) is 18.6. The Bertz CT molecular complexity index is 1160. The van der Waals surface area contributed by atoms with Gasteiger partial charge in [0.25, 0.3) is 0 Å². The Kier molecular flexibility index (Phi) is 8.87. The summed E-state index contributed by atoms with van der Waals surface area (Å²) < 4.78 is 20.6. The third-order valence-electron chi connectivity index (χ3n) is 4.49. The van der Waals surface area contributed by atoms with Gasteiger partial charge in [0.1, 0.15) is 12.1 Å². The van der Waals surface area contributed by atoms with E-state index in [2.05, 4.69) is 20.6 Å². The molecule has 0 spiro atoms. The van der Waals surface area contributed by atoms with Crippen LogP contribution >= 0.6 is 23.4 Å². The molecular weight excluding hydrogens is 465 g/mol. The highest BCUT2D eigenvalue weighted by Gasteiger charge is 2.18. The number of halogens is 2. The monoisotopic (exact) mass is 489 g/mol. The predicted molar refractivity (Wildman–Crippen MR) is 134 cm³/mol. The minimum absolute atomic E-state index is 0.00716. The Labute approximate surface area is 201 Å². The molecule has 2 aromatic carbocycles. The van der Waals surface area contributed by atoms with E-state index in [0.717, 1.165) is 5.75 Å². The number of hydrogen-bond donors (Lipinski definition) is 2. The van der Waals surface area contributed by atoms with Crippen molar-refractivity contribution in [3.05, 3.63) is 59.7 Å². The number of thioether (sulfide) groups is 1. The fourth-order valence-corrected chi connectivity index (χ4v) is 3.39. The lowest BCUT2D eigenvalue weighted by Gasteiger charge is -2.17. The first kappa shape index (κ1) is 24.8. The number of rotatable bonds is 10. The van der Waals surface area contributed by atoms with E-state index in [1.165, 1.54) is 18.5 Å². The van der Waals surface area contributed by atoms with Crippen molar-refractivity contribution >= 4 is 57.4 Å². The van der Waals surface area contributed by atoms with E-state index < -0.39 is 5.82 Å². The lowest BCUT2D eigenvalue weighted by Crippen LogP contribution is -2.14. The molecule has 33 heavy (non-hydrogen) atoms. The van der Waals surface area contributed by atoms with E-state index in [1.54, 1.807) is 42.1 Å². The number of aromatic nitrogens is 2. The molecule has 0 bridgehead atoms. The maximum atomic E-state index is 14.5. The molecule has 10 heteroatoms. The van der Waals surface area contributed by atoms with Crippen LogP contribution in [0.1, 0.15) is 0 Å². The minimum atomic E-state index is -0.591. The quantitative estimate of drug-likeness (QED) is 0.307. The van der Waals surface area contributed by atoms with E-state index in [-0.39, 0.29) is 16.6 Å². The van der Waals surface area contributed by atoms with Crippen molar-refractivity contribution in [1.29, 1.82) is 0 Å². The largest absolute Gasteiger partial charge is 0.490 e. The van der Waals surface area contributed by atoms with Gasteiger partial charge in [-0.3, -0.25) is 4.79 Å². The van der Waals surface area contributed by atoms with Crippen LogP contribution in [0.3, 0.4) is 0 Å². The Balaban J connectivity index is 2.03. The fourth-order valence-electron chi connectivity index (χ4n) is 2.97. The number of nitrogens with zero attached hydrogens (tertiary/aromatic N) is 3. The molecule has 0 aliphatic heterocycles. The van der Waals surface area contributed by atoms with Gasteiger partial charge < -0.3 is 20.3 Å². The Hall–Kier alpha value is -2.88. The lowest BCUT2D eigenvalue weighted by atomic mass is 10.1. The van der Waals surface area contributed by atoms with Gasteiger partial charge >= 0.3 is 0 Å². The van der Waals surface area contributed by atoms with E-state index >= 15 is 0 Å². The average molecular weight is 490 g/mol. The van der Waals surface area contributed by atoms with Crippen LogP contribution in [0.2, 0.25) is 5.02 Å². The minimum Gasteiger partial charge on any atom is -0.490 e. The summed E-state index contributed by atoms with van der Waals surface area (Å²) in [5.41, 5.74) is 1.21. The van der Waals surface area contributed by atoms with Crippen molar-refractivity contribution < 1.29 is 13.9 Å². The van der Waals surface area contributed by atoms with E-state index in [0.29, 0.717) is 41.3 Å². The number of carbonyl (C=O) groups is 1. The zero-order valence-corrected chi connectivity index (χ0v) is 20.1. The molecule has 1 heterocycles. The molecule has 0 saturated heterocycles. The van der Waals surface area contributed by atoms with Crippen LogP contribution in [0.4, 0.5) is 21.6 Å². The Morgan fingerprint density at radius 2 is 2.06 bits per heavy atom. The lowest BCUT2D eigenvalue weighted by molar-refractivity contribution is -0.111. The molecule has 174 valence electrons. The molecule has 0 fully saturated rings. The molecule has 0 aliphatic rings. The number of likely N-dealkylation sites (N-methyl/N-ethyl adjacent to an activating group) is 1. The number of hydrogen-bond acceptors (Lipinski definition) is 7. The molecule has 0 unspecified atom stereocenters. The zero-order chi connectivity index (χ0) is 23.8.